The van der Waals surface area contributed by atoms with Crippen molar-refractivity contribution in [3.8, 4) is 5.69 Å². The van der Waals surface area contributed by atoms with Crippen LogP contribution in [0.3, 0.4) is 0 Å². The van der Waals surface area contributed by atoms with Gasteiger partial charge in [0.25, 0.3) is 5.56 Å². The minimum Gasteiger partial charge on any atom is -0.410 e. The van der Waals surface area contributed by atoms with Crippen LogP contribution in [0.25, 0.3) is 5.69 Å². The second-order valence-corrected chi connectivity index (χ2v) is 5.94. The Kier molecular flexibility index (Phi) is 4.67. The van der Waals surface area contributed by atoms with E-state index >= 15 is 0 Å². The Morgan fingerprint density at radius 2 is 1.73 bits per heavy atom. The molecule has 1 N–H and O–H groups in total. The highest BCUT2D eigenvalue weighted by Crippen LogP contribution is 2.20. The summed E-state index contributed by atoms with van der Waals surface area (Å²) in [7, 11) is 0. The summed E-state index contributed by atoms with van der Waals surface area (Å²) in [5, 5.41) is 12.6. The molecule has 0 atom stereocenters. The van der Waals surface area contributed by atoms with Crippen molar-refractivity contribution in [2.24, 2.45) is 5.16 Å². The van der Waals surface area contributed by atoms with Crippen LogP contribution in [0.15, 0.2) is 64.7 Å². The van der Waals surface area contributed by atoms with Crippen LogP contribution < -0.4 is 5.56 Å². The Bertz CT molecular complexity index is 1050. The molecule has 0 amide bonds. The molecular weight excluding hydrogens is 338 g/mol. The van der Waals surface area contributed by atoms with Gasteiger partial charge in [-0.05, 0) is 43.2 Å². The molecule has 0 fully saturated rings. The maximum Gasteiger partial charge on any atom is 0.255 e. The lowest BCUT2D eigenvalue weighted by Gasteiger charge is -2.14. The molecule has 132 valence electrons. The zero-order chi connectivity index (χ0) is 18.8. The minimum atomic E-state index is -0.859. The summed E-state index contributed by atoms with van der Waals surface area (Å²) in [4.78, 5) is 12.4. The van der Waals surface area contributed by atoms with E-state index in [4.69, 9.17) is 0 Å². The quantitative estimate of drug-likeness (QED) is 0.440. The maximum atomic E-state index is 14.1. The first-order chi connectivity index (χ1) is 12.4. The van der Waals surface area contributed by atoms with Crippen molar-refractivity contribution in [3.05, 3.63) is 99.0 Å². The van der Waals surface area contributed by atoms with E-state index < -0.39 is 11.6 Å². The minimum absolute atomic E-state index is 0.0689. The monoisotopic (exact) mass is 354 g/mol. The molecule has 0 aliphatic carbocycles. The molecule has 4 nitrogen and oxygen atoms in total. The van der Waals surface area contributed by atoms with Crippen LogP contribution in [-0.2, 0) is 0 Å². The van der Waals surface area contributed by atoms with Crippen LogP contribution in [0.5, 0.6) is 0 Å². The van der Waals surface area contributed by atoms with Crippen LogP contribution >= 0.6 is 0 Å². The number of hydrogen-bond acceptors (Lipinski definition) is 3. The SMILES string of the molecule is Cc1cccc(C)c1-n1cc(C(=NO)c2ccc(F)cc2F)ccc1=O. The van der Waals surface area contributed by atoms with Crippen molar-refractivity contribution in [3.63, 3.8) is 0 Å². The number of aryl methyl sites for hydroxylation is 2. The molecule has 0 unspecified atom stereocenters. The summed E-state index contributed by atoms with van der Waals surface area (Å²) in [6.45, 7) is 3.75. The molecule has 6 heteroatoms. The first kappa shape index (κ1) is 17.5. The van der Waals surface area contributed by atoms with E-state index in [0.29, 0.717) is 17.3 Å². The number of aromatic nitrogens is 1. The van der Waals surface area contributed by atoms with Gasteiger partial charge in [-0.25, -0.2) is 8.78 Å². The average Bonchev–Trinajstić information content (AvgIpc) is 2.59. The summed E-state index contributed by atoms with van der Waals surface area (Å²) in [5.41, 5.74) is 2.36. The third-order valence-electron chi connectivity index (χ3n) is 4.15. The fourth-order valence-electron chi connectivity index (χ4n) is 2.94. The summed E-state index contributed by atoms with van der Waals surface area (Å²) < 4.78 is 28.7. The average molecular weight is 354 g/mol. The highest BCUT2D eigenvalue weighted by atomic mass is 19.1. The van der Waals surface area contributed by atoms with Gasteiger partial charge in [-0.3, -0.25) is 9.36 Å². The van der Waals surface area contributed by atoms with Crippen LogP contribution in [-0.4, -0.2) is 15.5 Å². The normalized spacial score (nSPS) is 11.6. The molecule has 1 aromatic heterocycles. The van der Waals surface area contributed by atoms with Gasteiger partial charge in [-0.1, -0.05) is 23.4 Å². The Morgan fingerprint density at radius 3 is 2.35 bits per heavy atom. The van der Waals surface area contributed by atoms with Crippen LogP contribution in [0.1, 0.15) is 22.3 Å². The van der Waals surface area contributed by atoms with Crippen molar-refractivity contribution in [1.82, 2.24) is 4.57 Å². The Hall–Kier alpha value is -3.28. The predicted molar refractivity (Wildman–Crippen MR) is 95.3 cm³/mol. The Balaban J connectivity index is 2.20. The molecule has 0 saturated carbocycles. The van der Waals surface area contributed by atoms with Crippen molar-refractivity contribution >= 4 is 5.71 Å². The van der Waals surface area contributed by atoms with E-state index in [0.717, 1.165) is 17.2 Å². The van der Waals surface area contributed by atoms with Gasteiger partial charge in [-0.15, -0.1) is 0 Å². The summed E-state index contributed by atoms with van der Waals surface area (Å²) in [6, 6.07) is 11.4. The third-order valence-corrected chi connectivity index (χ3v) is 4.15. The lowest BCUT2D eigenvalue weighted by molar-refractivity contribution is 0.319. The Morgan fingerprint density at radius 1 is 1.04 bits per heavy atom. The van der Waals surface area contributed by atoms with Gasteiger partial charge in [0.2, 0.25) is 0 Å². The number of halogens is 2. The third kappa shape index (κ3) is 3.13. The molecule has 3 aromatic rings. The fourth-order valence-corrected chi connectivity index (χ4v) is 2.94. The number of para-hydroxylation sites is 1. The molecule has 0 bridgehead atoms. The zero-order valence-electron chi connectivity index (χ0n) is 14.2. The van der Waals surface area contributed by atoms with Gasteiger partial charge in [0.1, 0.15) is 17.3 Å². The van der Waals surface area contributed by atoms with Gasteiger partial charge in [-0.2, -0.15) is 0 Å². The lowest BCUT2D eigenvalue weighted by atomic mass is 10.0. The van der Waals surface area contributed by atoms with Crippen LogP contribution in [0.4, 0.5) is 8.78 Å². The maximum absolute atomic E-state index is 14.1. The molecule has 3 rings (SSSR count). The molecule has 0 saturated heterocycles. The second kappa shape index (κ2) is 6.92. The van der Waals surface area contributed by atoms with Crippen LogP contribution in [0, 0.1) is 25.5 Å². The number of pyridine rings is 1. The van der Waals surface area contributed by atoms with Crippen molar-refractivity contribution in [2.75, 3.05) is 0 Å². The highest BCUT2D eigenvalue weighted by Gasteiger charge is 2.16. The molecule has 0 aliphatic heterocycles. The van der Waals surface area contributed by atoms with Crippen molar-refractivity contribution in [2.45, 2.75) is 13.8 Å². The molecule has 26 heavy (non-hydrogen) atoms. The number of nitrogens with zero attached hydrogens (tertiary/aromatic N) is 2. The molecular formula is C20H16F2N2O2. The van der Waals surface area contributed by atoms with E-state index in [-0.39, 0.29) is 16.8 Å². The molecule has 0 aliphatic rings. The lowest BCUT2D eigenvalue weighted by Crippen LogP contribution is -2.21. The smallest absolute Gasteiger partial charge is 0.255 e. The van der Waals surface area contributed by atoms with Crippen LogP contribution in [0.2, 0.25) is 0 Å². The van der Waals surface area contributed by atoms with Gasteiger partial charge in [0.15, 0.2) is 0 Å². The second-order valence-electron chi connectivity index (χ2n) is 5.94. The van der Waals surface area contributed by atoms with E-state index in [1.54, 1.807) is 0 Å². The number of oxime groups is 1. The number of hydrogen-bond donors (Lipinski definition) is 1. The van der Waals surface area contributed by atoms with E-state index in [2.05, 4.69) is 5.16 Å². The van der Waals surface area contributed by atoms with Crippen molar-refractivity contribution in [1.29, 1.82) is 0 Å². The number of rotatable bonds is 3. The first-order valence-electron chi connectivity index (χ1n) is 7.89. The van der Waals surface area contributed by atoms with E-state index in [9.17, 15) is 18.8 Å². The highest BCUT2D eigenvalue weighted by molar-refractivity contribution is 6.12. The van der Waals surface area contributed by atoms with Gasteiger partial charge in [0, 0.05) is 29.5 Å². The molecule has 1 heterocycles. The van der Waals surface area contributed by atoms with Gasteiger partial charge >= 0.3 is 0 Å². The largest absolute Gasteiger partial charge is 0.410 e. The topological polar surface area (TPSA) is 54.6 Å². The first-order valence-corrected chi connectivity index (χ1v) is 7.89. The van der Waals surface area contributed by atoms with Gasteiger partial charge in [0.05, 0.1) is 5.69 Å². The zero-order valence-corrected chi connectivity index (χ0v) is 14.2. The molecule has 0 spiro atoms. The fraction of sp³-hybridized carbons (Fsp3) is 0.100. The van der Waals surface area contributed by atoms with E-state index in [1.165, 1.54) is 29.0 Å². The summed E-state index contributed by atoms with van der Waals surface area (Å²) in [5.74, 6) is -1.59. The van der Waals surface area contributed by atoms with Gasteiger partial charge < -0.3 is 5.21 Å². The van der Waals surface area contributed by atoms with E-state index in [1.807, 2.05) is 32.0 Å². The number of benzene rings is 2. The predicted octanol–water partition coefficient (Wildman–Crippen LogP) is 3.96. The summed E-state index contributed by atoms with van der Waals surface area (Å²) >= 11 is 0. The Labute approximate surface area is 148 Å². The summed E-state index contributed by atoms with van der Waals surface area (Å²) in [6.07, 6.45) is 1.48. The van der Waals surface area contributed by atoms with Crippen molar-refractivity contribution < 1.29 is 14.0 Å². The molecule has 0 radical (unpaired) electrons. The molecule has 2 aromatic carbocycles. The standard InChI is InChI=1S/C20H16F2N2O2/c1-12-4-3-5-13(2)20(12)24-11-14(6-9-18(24)25)19(23-26)16-8-7-15(21)10-17(16)22/h3-11,26H,1-2H3.